The summed E-state index contributed by atoms with van der Waals surface area (Å²) in [6.07, 6.45) is 0. The van der Waals surface area contributed by atoms with Crippen LogP contribution in [0.25, 0.3) is 0 Å². The highest BCUT2D eigenvalue weighted by molar-refractivity contribution is 9.10. The number of thiophene rings is 1. The van der Waals surface area contributed by atoms with Crippen LogP contribution in [0, 0.1) is 0 Å². The number of amides is 1. The lowest BCUT2D eigenvalue weighted by molar-refractivity contribution is -0.122. The minimum Gasteiger partial charge on any atom is -0.350 e. The van der Waals surface area contributed by atoms with Gasteiger partial charge in [0.25, 0.3) is 0 Å². The maximum Gasteiger partial charge on any atom is 0.238 e. The van der Waals surface area contributed by atoms with E-state index in [2.05, 4.69) is 26.6 Å². The zero-order valence-corrected chi connectivity index (χ0v) is 12.4. The van der Waals surface area contributed by atoms with Crippen molar-refractivity contribution in [1.29, 1.82) is 0 Å². The first-order valence-corrected chi connectivity index (χ1v) is 7.41. The van der Waals surface area contributed by atoms with E-state index in [0.717, 1.165) is 21.0 Å². The number of nitrogens with one attached hydrogen (secondary N) is 2. The summed E-state index contributed by atoms with van der Waals surface area (Å²) in [6.45, 7) is 0.611. The molecule has 0 spiro atoms. The number of hydrogen-bond donors (Lipinski definition) is 2. The van der Waals surface area contributed by atoms with E-state index >= 15 is 0 Å². The summed E-state index contributed by atoms with van der Waals surface area (Å²) >= 11 is 6.84. The molecular formula is C9H12BrClN2OS2. The van der Waals surface area contributed by atoms with Crippen LogP contribution < -0.4 is 10.6 Å². The SMILES string of the molecule is Cl.O=C(NCc1sccc1Br)[C@H]1CSCN1. The van der Waals surface area contributed by atoms with Gasteiger partial charge in [0.2, 0.25) is 5.91 Å². The van der Waals surface area contributed by atoms with Crippen molar-refractivity contribution in [2.45, 2.75) is 12.6 Å². The lowest BCUT2D eigenvalue weighted by Crippen LogP contribution is -2.41. The molecule has 1 saturated heterocycles. The fourth-order valence-corrected chi connectivity index (χ4v) is 3.68. The van der Waals surface area contributed by atoms with Gasteiger partial charge < -0.3 is 5.32 Å². The summed E-state index contributed by atoms with van der Waals surface area (Å²) in [4.78, 5) is 12.8. The van der Waals surface area contributed by atoms with E-state index in [1.54, 1.807) is 23.1 Å². The molecule has 2 heterocycles. The Morgan fingerprint density at radius 2 is 2.50 bits per heavy atom. The van der Waals surface area contributed by atoms with Crippen molar-refractivity contribution in [2.75, 3.05) is 11.6 Å². The zero-order valence-electron chi connectivity index (χ0n) is 8.36. The van der Waals surface area contributed by atoms with Crippen molar-refractivity contribution < 1.29 is 4.79 Å². The van der Waals surface area contributed by atoms with Crippen LogP contribution in [-0.4, -0.2) is 23.6 Å². The fourth-order valence-electron chi connectivity index (χ4n) is 1.31. The third kappa shape index (κ3) is 3.63. The highest BCUT2D eigenvalue weighted by Gasteiger charge is 2.22. The van der Waals surface area contributed by atoms with Crippen LogP contribution in [0.15, 0.2) is 15.9 Å². The smallest absolute Gasteiger partial charge is 0.238 e. The Morgan fingerprint density at radius 1 is 1.69 bits per heavy atom. The van der Waals surface area contributed by atoms with Crippen LogP contribution in [0.2, 0.25) is 0 Å². The molecule has 7 heteroatoms. The average molecular weight is 344 g/mol. The Balaban J connectivity index is 0.00000128. The second-order valence-electron chi connectivity index (χ2n) is 3.18. The predicted octanol–water partition coefficient (Wildman–Crippen LogP) is 2.21. The van der Waals surface area contributed by atoms with E-state index in [1.165, 1.54) is 0 Å². The normalized spacial score (nSPS) is 19.2. The first-order valence-electron chi connectivity index (χ1n) is 4.58. The van der Waals surface area contributed by atoms with Crippen molar-refractivity contribution in [2.24, 2.45) is 0 Å². The number of halogens is 2. The summed E-state index contributed by atoms with van der Waals surface area (Å²) in [5.41, 5.74) is 0. The van der Waals surface area contributed by atoms with Gasteiger partial charge in [0.1, 0.15) is 0 Å². The number of carbonyl (C=O) groups is 1. The van der Waals surface area contributed by atoms with Gasteiger partial charge in [-0.3, -0.25) is 10.1 Å². The predicted molar refractivity (Wildman–Crippen MR) is 75.4 cm³/mol. The molecule has 1 aliphatic heterocycles. The van der Waals surface area contributed by atoms with Gasteiger partial charge in [0.15, 0.2) is 0 Å². The molecular weight excluding hydrogens is 332 g/mol. The van der Waals surface area contributed by atoms with Crippen molar-refractivity contribution >= 4 is 57.3 Å². The maximum atomic E-state index is 11.7. The van der Waals surface area contributed by atoms with Crippen molar-refractivity contribution in [3.8, 4) is 0 Å². The molecule has 1 fully saturated rings. The lowest BCUT2D eigenvalue weighted by Gasteiger charge is -2.09. The second-order valence-corrected chi connectivity index (χ2v) is 6.07. The molecule has 0 saturated carbocycles. The van der Waals surface area contributed by atoms with Gasteiger partial charge in [0.05, 0.1) is 12.6 Å². The Bertz CT molecular complexity index is 355. The molecule has 2 N–H and O–H groups in total. The maximum absolute atomic E-state index is 11.7. The Kier molecular flexibility index (Phi) is 6.13. The topological polar surface area (TPSA) is 41.1 Å². The molecule has 0 bridgehead atoms. The second kappa shape index (κ2) is 6.86. The summed E-state index contributed by atoms with van der Waals surface area (Å²) in [6, 6.07) is 1.98. The number of hydrogen-bond acceptors (Lipinski definition) is 4. The molecule has 2 rings (SSSR count). The molecule has 16 heavy (non-hydrogen) atoms. The third-order valence-corrected chi connectivity index (χ3v) is 5.01. The number of rotatable bonds is 3. The molecule has 1 atom stereocenters. The van der Waals surface area contributed by atoms with Crippen LogP contribution in [0.4, 0.5) is 0 Å². The highest BCUT2D eigenvalue weighted by atomic mass is 79.9. The zero-order chi connectivity index (χ0) is 10.7. The first-order chi connectivity index (χ1) is 7.27. The number of thioether (sulfide) groups is 1. The molecule has 1 aliphatic rings. The Hall–Kier alpha value is 0.250. The third-order valence-electron chi connectivity index (χ3n) is 2.15. The van der Waals surface area contributed by atoms with Gasteiger partial charge in [0, 0.05) is 21.0 Å². The summed E-state index contributed by atoms with van der Waals surface area (Å²) < 4.78 is 1.07. The van der Waals surface area contributed by atoms with Gasteiger partial charge >= 0.3 is 0 Å². The van der Waals surface area contributed by atoms with E-state index < -0.39 is 0 Å². The molecule has 1 aromatic rings. The fraction of sp³-hybridized carbons (Fsp3) is 0.444. The van der Waals surface area contributed by atoms with Gasteiger partial charge in [-0.15, -0.1) is 35.5 Å². The first kappa shape index (κ1) is 14.3. The molecule has 1 amide bonds. The van der Waals surface area contributed by atoms with Gasteiger partial charge in [-0.25, -0.2) is 0 Å². The summed E-state index contributed by atoms with van der Waals surface area (Å²) in [7, 11) is 0. The Morgan fingerprint density at radius 3 is 3.06 bits per heavy atom. The lowest BCUT2D eigenvalue weighted by atomic mass is 10.3. The number of carbonyl (C=O) groups excluding carboxylic acids is 1. The van der Waals surface area contributed by atoms with E-state index in [9.17, 15) is 4.79 Å². The van der Waals surface area contributed by atoms with Gasteiger partial charge in [-0.2, -0.15) is 0 Å². The largest absolute Gasteiger partial charge is 0.350 e. The van der Waals surface area contributed by atoms with Gasteiger partial charge in [-0.05, 0) is 27.4 Å². The standard InChI is InChI=1S/C9H11BrN2OS2.ClH/c10-6-1-2-15-8(6)3-11-9(13)7-4-14-5-12-7;/h1-2,7,12H,3-5H2,(H,11,13);1H/t7-;/m1./s1. The molecule has 90 valence electrons. The van der Waals surface area contributed by atoms with Crippen LogP contribution >= 0.6 is 51.4 Å². The van der Waals surface area contributed by atoms with E-state index in [-0.39, 0.29) is 24.4 Å². The van der Waals surface area contributed by atoms with Crippen LogP contribution in [0.3, 0.4) is 0 Å². The van der Waals surface area contributed by atoms with Crippen LogP contribution in [0.1, 0.15) is 4.88 Å². The van der Waals surface area contributed by atoms with E-state index in [4.69, 9.17) is 0 Å². The molecule has 3 nitrogen and oxygen atoms in total. The average Bonchev–Trinajstić information content (AvgIpc) is 2.85. The molecule has 0 aromatic carbocycles. The van der Waals surface area contributed by atoms with Crippen LogP contribution in [0.5, 0.6) is 0 Å². The quantitative estimate of drug-likeness (QED) is 0.884. The molecule has 1 aromatic heterocycles. The van der Waals surface area contributed by atoms with Crippen molar-refractivity contribution in [3.05, 3.63) is 20.8 Å². The minimum absolute atomic E-state index is 0. The molecule has 0 radical (unpaired) electrons. The summed E-state index contributed by atoms with van der Waals surface area (Å²) in [5.74, 6) is 1.85. The molecule has 0 unspecified atom stereocenters. The van der Waals surface area contributed by atoms with Crippen molar-refractivity contribution in [1.82, 2.24) is 10.6 Å². The Labute approximate surface area is 117 Å². The van der Waals surface area contributed by atoms with E-state index in [0.29, 0.717) is 6.54 Å². The monoisotopic (exact) mass is 342 g/mol. The molecule has 0 aliphatic carbocycles. The van der Waals surface area contributed by atoms with E-state index in [1.807, 2.05) is 11.4 Å². The van der Waals surface area contributed by atoms with Crippen LogP contribution in [-0.2, 0) is 11.3 Å². The minimum atomic E-state index is -0.0197. The van der Waals surface area contributed by atoms with Crippen molar-refractivity contribution in [3.63, 3.8) is 0 Å². The highest BCUT2D eigenvalue weighted by Crippen LogP contribution is 2.22. The van der Waals surface area contributed by atoms with Gasteiger partial charge in [-0.1, -0.05) is 0 Å². The summed E-state index contributed by atoms with van der Waals surface area (Å²) in [5, 5.41) is 8.09.